The van der Waals surface area contributed by atoms with Crippen LogP contribution in [0.4, 0.5) is 5.69 Å². The number of anilines is 1. The highest BCUT2D eigenvalue weighted by Gasteiger charge is 2.25. The summed E-state index contributed by atoms with van der Waals surface area (Å²) >= 11 is 5.99. The molecule has 2 N–H and O–H groups in total. The van der Waals surface area contributed by atoms with Crippen LogP contribution in [-0.2, 0) is 10.0 Å². The van der Waals surface area contributed by atoms with Gasteiger partial charge in [-0.3, -0.25) is 4.72 Å². The fourth-order valence-corrected chi connectivity index (χ4v) is 4.08. The van der Waals surface area contributed by atoms with Crippen LogP contribution in [0.15, 0.2) is 39.8 Å². The van der Waals surface area contributed by atoms with E-state index in [0.717, 1.165) is 0 Å². The third-order valence-electron chi connectivity index (χ3n) is 3.45. The lowest BCUT2D eigenvalue weighted by molar-refractivity contribution is 0.390. The van der Waals surface area contributed by atoms with Crippen LogP contribution in [0.2, 0.25) is 5.02 Å². The lowest BCUT2D eigenvalue weighted by atomic mass is 10.1. The molecule has 120 valence electrons. The Labute approximate surface area is 137 Å². The highest BCUT2D eigenvalue weighted by molar-refractivity contribution is 7.92. The van der Waals surface area contributed by atoms with E-state index in [1.54, 1.807) is 31.2 Å². The van der Waals surface area contributed by atoms with E-state index >= 15 is 0 Å². The minimum atomic E-state index is -3.90. The Bertz CT molecular complexity index is 992. The third-order valence-corrected chi connectivity index (χ3v) is 5.35. The number of benzene rings is 2. The molecule has 0 aliphatic heterocycles. The first-order chi connectivity index (χ1) is 10.8. The molecule has 0 bridgehead atoms. The van der Waals surface area contributed by atoms with Crippen molar-refractivity contribution < 1.29 is 18.0 Å². The maximum Gasteiger partial charge on any atom is 0.267 e. The minimum Gasteiger partial charge on any atom is -0.506 e. The molecule has 1 aromatic heterocycles. The van der Waals surface area contributed by atoms with Crippen LogP contribution in [0, 0.1) is 13.8 Å². The molecule has 2 aromatic carbocycles. The van der Waals surface area contributed by atoms with E-state index in [9.17, 15) is 13.5 Å². The number of hydrogen-bond acceptors (Lipinski definition) is 5. The van der Waals surface area contributed by atoms with E-state index in [-0.39, 0.29) is 32.8 Å². The largest absolute Gasteiger partial charge is 0.506 e. The predicted octanol–water partition coefficient (Wildman–Crippen LogP) is 3.60. The Balaban J connectivity index is 2.18. The number of fused-ring (bicyclic) bond motifs is 1. The number of rotatable bonds is 3. The number of halogens is 1. The summed E-state index contributed by atoms with van der Waals surface area (Å²) in [5.74, 6) is 0.103. The molecule has 0 amide bonds. The van der Waals surface area contributed by atoms with Crippen LogP contribution in [-0.4, -0.2) is 18.7 Å². The number of aromatic nitrogens is 1. The van der Waals surface area contributed by atoms with Gasteiger partial charge in [0.2, 0.25) is 0 Å². The highest BCUT2D eigenvalue weighted by Crippen LogP contribution is 2.38. The zero-order chi connectivity index (χ0) is 16.8. The second-order valence-electron chi connectivity index (χ2n) is 5.06. The van der Waals surface area contributed by atoms with Crippen molar-refractivity contribution >= 4 is 38.1 Å². The molecule has 0 fully saturated rings. The Hall–Kier alpha value is -2.25. The van der Waals surface area contributed by atoms with E-state index in [2.05, 4.69) is 9.88 Å². The summed E-state index contributed by atoms with van der Waals surface area (Å²) < 4.78 is 32.7. The monoisotopic (exact) mass is 352 g/mol. The number of aryl methyl sites for hydroxylation is 2. The second kappa shape index (κ2) is 5.43. The van der Waals surface area contributed by atoms with Gasteiger partial charge >= 0.3 is 0 Å². The first-order valence-corrected chi connectivity index (χ1v) is 8.53. The topological polar surface area (TPSA) is 92.4 Å². The Kier molecular flexibility index (Phi) is 3.69. The zero-order valence-electron chi connectivity index (χ0n) is 12.3. The molecule has 1 heterocycles. The SMILES string of the molecule is Cc1noc(C)c1S(=O)(=O)Nc1cc(Cl)c(O)c2ccccc12. The smallest absolute Gasteiger partial charge is 0.267 e. The molecule has 0 aliphatic carbocycles. The first kappa shape index (κ1) is 15.6. The maximum absolute atomic E-state index is 12.6. The van der Waals surface area contributed by atoms with Gasteiger partial charge in [-0.05, 0) is 19.9 Å². The molecule has 3 rings (SSSR count). The zero-order valence-corrected chi connectivity index (χ0v) is 13.9. The number of hydrogen-bond donors (Lipinski definition) is 2. The molecule has 23 heavy (non-hydrogen) atoms. The predicted molar refractivity (Wildman–Crippen MR) is 87.4 cm³/mol. The summed E-state index contributed by atoms with van der Waals surface area (Å²) in [7, 11) is -3.90. The van der Waals surface area contributed by atoms with Gasteiger partial charge in [-0.25, -0.2) is 8.42 Å². The Morgan fingerprint density at radius 2 is 1.87 bits per heavy atom. The van der Waals surface area contributed by atoms with E-state index in [1.807, 2.05) is 0 Å². The van der Waals surface area contributed by atoms with Crippen molar-refractivity contribution in [3.8, 4) is 5.75 Å². The van der Waals surface area contributed by atoms with Gasteiger partial charge in [-0.15, -0.1) is 0 Å². The van der Waals surface area contributed by atoms with Gasteiger partial charge in [0.1, 0.15) is 11.4 Å². The molecule has 0 saturated carbocycles. The third kappa shape index (κ3) is 2.62. The average Bonchev–Trinajstić information content (AvgIpc) is 2.84. The van der Waals surface area contributed by atoms with Crippen LogP contribution in [0.5, 0.6) is 5.75 Å². The van der Waals surface area contributed by atoms with E-state index in [4.69, 9.17) is 16.1 Å². The van der Waals surface area contributed by atoms with Crippen molar-refractivity contribution in [1.82, 2.24) is 5.16 Å². The molecule has 0 atom stereocenters. The quantitative estimate of drug-likeness (QED) is 0.702. The Morgan fingerprint density at radius 3 is 2.48 bits per heavy atom. The summed E-state index contributed by atoms with van der Waals surface area (Å²) in [4.78, 5) is -0.00854. The van der Waals surface area contributed by atoms with E-state index in [0.29, 0.717) is 10.8 Å². The minimum absolute atomic E-state index is 0.00854. The number of phenolic OH excluding ortho intramolecular Hbond substituents is 1. The van der Waals surface area contributed by atoms with Crippen LogP contribution in [0.1, 0.15) is 11.5 Å². The summed E-state index contributed by atoms with van der Waals surface area (Å²) in [5, 5.41) is 14.7. The summed E-state index contributed by atoms with van der Waals surface area (Å²) in [6, 6.07) is 8.18. The normalized spacial score (nSPS) is 11.8. The Morgan fingerprint density at radius 1 is 1.22 bits per heavy atom. The standard InChI is InChI=1S/C15H13ClN2O4S/c1-8-15(9(2)22-17-8)23(20,21)18-13-7-12(16)14(19)11-6-4-3-5-10(11)13/h3-7,18-19H,1-2H3. The highest BCUT2D eigenvalue weighted by atomic mass is 35.5. The van der Waals surface area contributed by atoms with Crippen molar-refractivity contribution in [2.24, 2.45) is 0 Å². The number of phenols is 1. The van der Waals surface area contributed by atoms with E-state index < -0.39 is 10.0 Å². The lowest BCUT2D eigenvalue weighted by Gasteiger charge is -2.12. The number of sulfonamides is 1. The van der Waals surface area contributed by atoms with E-state index in [1.165, 1.54) is 13.0 Å². The molecule has 0 aliphatic rings. The molecule has 8 heteroatoms. The van der Waals surface area contributed by atoms with Crippen LogP contribution >= 0.6 is 11.6 Å². The summed E-state index contributed by atoms with van der Waals surface area (Å²) in [6.45, 7) is 3.07. The average molecular weight is 353 g/mol. The summed E-state index contributed by atoms with van der Waals surface area (Å²) in [6.07, 6.45) is 0. The van der Waals surface area contributed by atoms with Gasteiger partial charge in [0.25, 0.3) is 10.0 Å². The van der Waals surface area contributed by atoms with Crippen molar-refractivity contribution in [3.63, 3.8) is 0 Å². The van der Waals surface area contributed by atoms with Gasteiger partial charge in [-0.1, -0.05) is 41.0 Å². The maximum atomic E-state index is 12.6. The number of nitrogens with zero attached hydrogens (tertiary/aromatic N) is 1. The van der Waals surface area contributed by atoms with Crippen molar-refractivity contribution in [2.45, 2.75) is 18.7 Å². The summed E-state index contributed by atoms with van der Waals surface area (Å²) in [5.41, 5.74) is 0.535. The van der Waals surface area contributed by atoms with Gasteiger partial charge in [0, 0.05) is 10.8 Å². The fourth-order valence-electron chi connectivity index (χ4n) is 2.46. The van der Waals surface area contributed by atoms with Crippen molar-refractivity contribution in [2.75, 3.05) is 4.72 Å². The molecular weight excluding hydrogens is 340 g/mol. The van der Waals surface area contributed by atoms with Crippen molar-refractivity contribution in [1.29, 1.82) is 0 Å². The van der Waals surface area contributed by atoms with Crippen LogP contribution < -0.4 is 4.72 Å². The molecule has 6 nitrogen and oxygen atoms in total. The first-order valence-electron chi connectivity index (χ1n) is 6.67. The van der Waals surface area contributed by atoms with Crippen LogP contribution in [0.3, 0.4) is 0 Å². The van der Waals surface area contributed by atoms with Crippen LogP contribution in [0.25, 0.3) is 10.8 Å². The molecular formula is C15H13ClN2O4S. The fraction of sp³-hybridized carbons (Fsp3) is 0.133. The van der Waals surface area contributed by atoms with Gasteiger partial charge in [0.15, 0.2) is 10.7 Å². The van der Waals surface area contributed by atoms with Gasteiger partial charge < -0.3 is 9.63 Å². The molecule has 0 unspecified atom stereocenters. The molecule has 0 radical (unpaired) electrons. The lowest BCUT2D eigenvalue weighted by Crippen LogP contribution is -2.14. The molecule has 0 saturated heterocycles. The number of nitrogens with one attached hydrogen (secondary N) is 1. The molecule has 0 spiro atoms. The van der Waals surface area contributed by atoms with Gasteiger partial charge in [-0.2, -0.15) is 0 Å². The molecule has 3 aromatic rings. The second-order valence-corrected chi connectivity index (χ2v) is 7.09. The van der Waals surface area contributed by atoms with Gasteiger partial charge in [0.05, 0.1) is 10.7 Å². The number of aromatic hydroxyl groups is 1. The van der Waals surface area contributed by atoms with Crippen molar-refractivity contribution in [3.05, 3.63) is 46.8 Å².